The van der Waals surface area contributed by atoms with E-state index in [1.165, 1.54) is 12.1 Å². The van der Waals surface area contributed by atoms with Gasteiger partial charge in [-0.2, -0.15) is 0 Å². The molecule has 1 heterocycles. The van der Waals surface area contributed by atoms with E-state index >= 15 is 0 Å². The van der Waals surface area contributed by atoms with Crippen LogP contribution in [0.5, 0.6) is 0 Å². The minimum Gasteiger partial charge on any atom is -0.361 e. The molecule has 3 rings (SSSR count). The molecule has 4 heteroatoms. The number of hydrogen-bond acceptors (Lipinski definition) is 1. The first-order chi connectivity index (χ1) is 12.0. The monoisotopic (exact) mass is 338 g/mol. The number of nitrogens with one attached hydrogen (secondary N) is 2. The minimum absolute atomic E-state index is 0.0201. The van der Waals surface area contributed by atoms with Crippen molar-refractivity contribution in [3.63, 3.8) is 0 Å². The van der Waals surface area contributed by atoms with Crippen LogP contribution in [-0.4, -0.2) is 17.4 Å². The number of para-hydroxylation sites is 1. The molecule has 0 bridgehead atoms. The average molecular weight is 338 g/mol. The summed E-state index contributed by atoms with van der Waals surface area (Å²) in [6, 6.07) is 14.5. The van der Waals surface area contributed by atoms with Gasteiger partial charge in [0.1, 0.15) is 5.82 Å². The molecule has 2 aromatic carbocycles. The molecule has 2 N–H and O–H groups in total. The quantitative estimate of drug-likeness (QED) is 0.678. The number of fused-ring (bicyclic) bond motifs is 1. The Kier molecular flexibility index (Phi) is 5.17. The lowest BCUT2D eigenvalue weighted by Gasteiger charge is -2.18. The van der Waals surface area contributed by atoms with Gasteiger partial charge in [-0.15, -0.1) is 0 Å². The van der Waals surface area contributed by atoms with Crippen molar-refractivity contribution in [2.45, 2.75) is 26.2 Å². The number of hydrogen-bond donors (Lipinski definition) is 2. The first-order valence-corrected chi connectivity index (χ1v) is 8.62. The second-order valence-corrected chi connectivity index (χ2v) is 6.80. The van der Waals surface area contributed by atoms with Crippen molar-refractivity contribution in [2.75, 3.05) is 6.54 Å². The summed E-state index contributed by atoms with van der Waals surface area (Å²) in [7, 11) is 0. The van der Waals surface area contributed by atoms with Gasteiger partial charge in [-0.1, -0.05) is 44.2 Å². The van der Waals surface area contributed by atoms with Gasteiger partial charge in [-0.25, -0.2) is 4.39 Å². The van der Waals surface area contributed by atoms with Crippen LogP contribution in [0.25, 0.3) is 10.9 Å². The van der Waals surface area contributed by atoms with E-state index in [9.17, 15) is 9.18 Å². The normalized spacial score (nSPS) is 12.5. The van der Waals surface area contributed by atoms with E-state index in [0.717, 1.165) is 22.0 Å². The maximum Gasteiger partial charge on any atom is 0.220 e. The predicted molar refractivity (Wildman–Crippen MR) is 99.0 cm³/mol. The smallest absolute Gasteiger partial charge is 0.220 e. The van der Waals surface area contributed by atoms with E-state index < -0.39 is 0 Å². The number of carbonyl (C=O) groups excluding carboxylic acids is 1. The second-order valence-electron chi connectivity index (χ2n) is 6.80. The molecule has 0 spiro atoms. The van der Waals surface area contributed by atoms with Gasteiger partial charge in [-0.3, -0.25) is 4.79 Å². The van der Waals surface area contributed by atoms with Crippen molar-refractivity contribution < 1.29 is 9.18 Å². The van der Waals surface area contributed by atoms with Gasteiger partial charge in [0.2, 0.25) is 5.91 Å². The predicted octanol–water partition coefficient (Wildman–Crippen LogP) is 4.60. The highest BCUT2D eigenvalue weighted by molar-refractivity contribution is 5.86. The Bertz CT molecular complexity index is 869. The molecular weight excluding hydrogens is 315 g/mol. The molecule has 1 amide bonds. The number of H-pyrrole nitrogens is 1. The van der Waals surface area contributed by atoms with Gasteiger partial charge in [0, 0.05) is 36.0 Å². The fraction of sp³-hybridized carbons (Fsp3) is 0.286. The van der Waals surface area contributed by atoms with E-state index in [-0.39, 0.29) is 24.1 Å². The Balaban J connectivity index is 1.96. The van der Waals surface area contributed by atoms with Crippen LogP contribution in [-0.2, 0) is 4.79 Å². The third-order valence-corrected chi connectivity index (χ3v) is 4.34. The number of amides is 1. The van der Waals surface area contributed by atoms with E-state index in [1.54, 1.807) is 6.07 Å². The highest BCUT2D eigenvalue weighted by Gasteiger charge is 2.21. The molecule has 0 fully saturated rings. The summed E-state index contributed by atoms with van der Waals surface area (Å²) in [5.41, 5.74) is 2.84. The molecule has 3 aromatic rings. The lowest BCUT2D eigenvalue weighted by Crippen LogP contribution is -2.28. The summed E-state index contributed by atoms with van der Waals surface area (Å²) in [5, 5.41) is 4.03. The van der Waals surface area contributed by atoms with Crippen LogP contribution >= 0.6 is 0 Å². The maximum atomic E-state index is 13.8. The molecule has 1 atom stereocenters. The van der Waals surface area contributed by atoms with E-state index in [2.05, 4.69) is 24.1 Å². The van der Waals surface area contributed by atoms with Crippen molar-refractivity contribution >= 4 is 16.8 Å². The number of carbonyl (C=O) groups is 1. The topological polar surface area (TPSA) is 44.9 Å². The van der Waals surface area contributed by atoms with Gasteiger partial charge >= 0.3 is 0 Å². The zero-order valence-electron chi connectivity index (χ0n) is 14.6. The lowest BCUT2D eigenvalue weighted by molar-refractivity contribution is -0.121. The molecule has 0 saturated heterocycles. The van der Waals surface area contributed by atoms with E-state index in [0.29, 0.717) is 12.5 Å². The maximum absolute atomic E-state index is 13.8. The third-order valence-electron chi connectivity index (χ3n) is 4.34. The Morgan fingerprint density at radius 1 is 1.16 bits per heavy atom. The summed E-state index contributed by atoms with van der Waals surface area (Å²) in [4.78, 5) is 15.7. The number of aromatic nitrogens is 1. The van der Waals surface area contributed by atoms with Crippen LogP contribution in [0.4, 0.5) is 4.39 Å². The molecule has 0 radical (unpaired) electrons. The molecule has 1 aromatic heterocycles. The van der Waals surface area contributed by atoms with Crippen LogP contribution in [0.15, 0.2) is 54.7 Å². The van der Waals surface area contributed by atoms with Crippen molar-refractivity contribution in [3.8, 4) is 0 Å². The van der Waals surface area contributed by atoms with Crippen molar-refractivity contribution in [2.24, 2.45) is 5.92 Å². The molecule has 25 heavy (non-hydrogen) atoms. The molecule has 0 aliphatic rings. The van der Waals surface area contributed by atoms with E-state index in [1.807, 2.05) is 36.5 Å². The van der Waals surface area contributed by atoms with Crippen LogP contribution in [0.3, 0.4) is 0 Å². The summed E-state index contributed by atoms with van der Waals surface area (Å²) in [5.74, 6) is -0.109. The number of rotatable bonds is 6. The molecule has 3 nitrogen and oxygen atoms in total. The van der Waals surface area contributed by atoms with Crippen LogP contribution in [0.1, 0.15) is 37.3 Å². The summed E-state index contributed by atoms with van der Waals surface area (Å²) >= 11 is 0. The Morgan fingerprint density at radius 2 is 1.96 bits per heavy atom. The summed E-state index contributed by atoms with van der Waals surface area (Å²) in [6.45, 7) is 4.76. The highest BCUT2D eigenvalue weighted by atomic mass is 19.1. The summed E-state index contributed by atoms with van der Waals surface area (Å²) in [6.07, 6.45) is 2.22. The average Bonchev–Trinajstić information content (AvgIpc) is 3.02. The Morgan fingerprint density at radius 3 is 2.72 bits per heavy atom. The molecule has 0 saturated carbocycles. The van der Waals surface area contributed by atoms with Crippen molar-refractivity contribution in [1.29, 1.82) is 0 Å². The molecular formula is C21H23FN2O. The van der Waals surface area contributed by atoms with Gasteiger partial charge in [0.15, 0.2) is 0 Å². The number of aromatic amines is 1. The Hall–Kier alpha value is -2.62. The fourth-order valence-electron chi connectivity index (χ4n) is 3.09. The zero-order valence-corrected chi connectivity index (χ0v) is 14.6. The lowest BCUT2D eigenvalue weighted by atomic mass is 9.88. The zero-order chi connectivity index (χ0) is 17.8. The molecule has 130 valence electrons. The third kappa shape index (κ3) is 4.08. The largest absolute Gasteiger partial charge is 0.361 e. The molecule has 0 unspecified atom stereocenters. The number of benzene rings is 2. The fourth-order valence-corrected chi connectivity index (χ4v) is 3.09. The van der Waals surface area contributed by atoms with Crippen molar-refractivity contribution in [1.82, 2.24) is 10.3 Å². The van der Waals surface area contributed by atoms with Gasteiger partial charge < -0.3 is 10.3 Å². The van der Waals surface area contributed by atoms with Crippen LogP contribution in [0.2, 0.25) is 0 Å². The van der Waals surface area contributed by atoms with Gasteiger partial charge in [0.05, 0.1) is 0 Å². The van der Waals surface area contributed by atoms with Crippen molar-refractivity contribution in [3.05, 3.63) is 71.7 Å². The molecule has 0 aliphatic heterocycles. The van der Waals surface area contributed by atoms with Crippen LogP contribution in [0, 0.1) is 11.7 Å². The highest BCUT2D eigenvalue weighted by Crippen LogP contribution is 2.33. The van der Waals surface area contributed by atoms with Gasteiger partial charge in [-0.05, 0) is 35.2 Å². The first kappa shape index (κ1) is 17.2. The first-order valence-electron chi connectivity index (χ1n) is 8.62. The standard InChI is InChI=1S/C21H23FN2O/c1-14(2)12-24-21(25)11-18(15-6-5-7-16(22)10-15)19-13-23-20-9-4-3-8-17(19)20/h3-10,13-14,18,23H,11-12H2,1-2H3,(H,24,25)/t18-/m1/s1. The SMILES string of the molecule is CC(C)CNC(=O)C[C@H](c1cccc(F)c1)c1c[nH]c2ccccc12. The number of halogens is 1. The summed E-state index contributed by atoms with van der Waals surface area (Å²) < 4.78 is 13.8. The van der Waals surface area contributed by atoms with Gasteiger partial charge in [0.25, 0.3) is 0 Å². The Labute approximate surface area is 147 Å². The molecule has 0 aliphatic carbocycles. The second kappa shape index (κ2) is 7.51. The van der Waals surface area contributed by atoms with Crippen LogP contribution < -0.4 is 5.32 Å². The minimum atomic E-state index is -0.287. The van der Waals surface area contributed by atoms with E-state index in [4.69, 9.17) is 0 Å².